The van der Waals surface area contributed by atoms with Gasteiger partial charge in [-0.25, -0.2) is 0 Å². The van der Waals surface area contributed by atoms with Crippen molar-refractivity contribution in [3.8, 4) is 0 Å². The van der Waals surface area contributed by atoms with Crippen molar-refractivity contribution in [2.45, 2.75) is 45.1 Å². The minimum atomic E-state index is 0.310. The van der Waals surface area contributed by atoms with Gasteiger partial charge in [-0.15, -0.1) is 0 Å². The molecule has 1 rings (SSSR count). The molecule has 0 bridgehead atoms. The molecule has 1 nitrogen and oxygen atoms in total. The molecule has 0 radical (unpaired) electrons. The molecule has 1 atom stereocenters. The van der Waals surface area contributed by atoms with Crippen LogP contribution in [0, 0.1) is 5.92 Å². The average Bonchev–Trinajstić information content (AvgIpc) is 2.07. The summed E-state index contributed by atoms with van der Waals surface area (Å²) in [5.74, 6) is 0.737. The maximum absolute atomic E-state index is 5.45. The highest BCUT2D eigenvalue weighted by atomic mass is 16.5. The second kappa shape index (κ2) is 4.66. The van der Waals surface area contributed by atoms with E-state index in [1.807, 2.05) is 0 Å². The highest BCUT2D eigenvalue weighted by molar-refractivity contribution is 5.01. The highest BCUT2D eigenvalue weighted by Crippen LogP contribution is 2.30. The molecule has 0 amide bonds. The fourth-order valence-corrected chi connectivity index (χ4v) is 2.23. The molecule has 12 heavy (non-hydrogen) atoms. The molecule has 0 saturated heterocycles. The lowest BCUT2D eigenvalue weighted by Gasteiger charge is -2.29. The minimum absolute atomic E-state index is 0.310. The quantitative estimate of drug-likeness (QED) is 0.588. The van der Waals surface area contributed by atoms with Crippen molar-refractivity contribution >= 4 is 0 Å². The second-order valence-electron chi connectivity index (χ2n) is 3.90. The minimum Gasteiger partial charge on any atom is -0.377 e. The third-order valence-electron chi connectivity index (χ3n) is 2.82. The van der Waals surface area contributed by atoms with E-state index in [0.717, 1.165) is 5.92 Å². The van der Waals surface area contributed by atoms with E-state index in [4.69, 9.17) is 4.74 Å². The fraction of sp³-hybridized carbons (Fsp3) is 0.818. The Balaban J connectivity index is 2.46. The Morgan fingerprint density at radius 1 is 1.33 bits per heavy atom. The molecule has 70 valence electrons. The molecule has 1 heteroatoms. The van der Waals surface area contributed by atoms with Crippen LogP contribution >= 0.6 is 0 Å². The summed E-state index contributed by atoms with van der Waals surface area (Å²) >= 11 is 0. The first-order valence-corrected chi connectivity index (χ1v) is 4.94. The standard InChI is InChI=1S/C11H20O/c1-9(2)11(12-3)10-7-5-4-6-8-10/h10-11H,1,4-8H2,2-3H3. The molecule has 1 aliphatic carbocycles. The summed E-state index contributed by atoms with van der Waals surface area (Å²) in [4.78, 5) is 0. The van der Waals surface area contributed by atoms with Gasteiger partial charge in [-0.2, -0.15) is 0 Å². The van der Waals surface area contributed by atoms with Crippen molar-refractivity contribution in [3.63, 3.8) is 0 Å². The number of hydrogen-bond donors (Lipinski definition) is 0. The maximum atomic E-state index is 5.45. The van der Waals surface area contributed by atoms with E-state index in [9.17, 15) is 0 Å². The molecule has 0 aromatic carbocycles. The van der Waals surface area contributed by atoms with Gasteiger partial charge >= 0.3 is 0 Å². The van der Waals surface area contributed by atoms with Crippen LogP contribution in [0.4, 0.5) is 0 Å². The highest BCUT2D eigenvalue weighted by Gasteiger charge is 2.23. The van der Waals surface area contributed by atoms with E-state index < -0.39 is 0 Å². The van der Waals surface area contributed by atoms with Crippen molar-refractivity contribution in [1.82, 2.24) is 0 Å². The van der Waals surface area contributed by atoms with Crippen LogP contribution in [-0.4, -0.2) is 13.2 Å². The third kappa shape index (κ3) is 2.34. The first-order valence-electron chi connectivity index (χ1n) is 4.94. The van der Waals surface area contributed by atoms with Gasteiger partial charge in [0.25, 0.3) is 0 Å². The summed E-state index contributed by atoms with van der Waals surface area (Å²) < 4.78 is 5.45. The summed E-state index contributed by atoms with van der Waals surface area (Å²) in [5.41, 5.74) is 1.18. The Bertz CT molecular complexity index is 145. The van der Waals surface area contributed by atoms with Gasteiger partial charge in [0, 0.05) is 7.11 Å². The van der Waals surface area contributed by atoms with Crippen molar-refractivity contribution in [2.24, 2.45) is 5.92 Å². The van der Waals surface area contributed by atoms with Gasteiger partial charge < -0.3 is 4.74 Å². The third-order valence-corrected chi connectivity index (χ3v) is 2.82. The largest absolute Gasteiger partial charge is 0.377 e. The molecule has 0 heterocycles. The van der Waals surface area contributed by atoms with Gasteiger partial charge in [0.1, 0.15) is 0 Å². The average molecular weight is 168 g/mol. The lowest BCUT2D eigenvalue weighted by molar-refractivity contribution is 0.0637. The molecule has 0 N–H and O–H groups in total. The Morgan fingerprint density at radius 2 is 1.92 bits per heavy atom. The number of hydrogen-bond acceptors (Lipinski definition) is 1. The van der Waals surface area contributed by atoms with Gasteiger partial charge in [0.05, 0.1) is 6.10 Å². The number of methoxy groups -OCH3 is 1. The van der Waals surface area contributed by atoms with Crippen LogP contribution in [0.2, 0.25) is 0 Å². The van der Waals surface area contributed by atoms with Gasteiger partial charge in [-0.05, 0) is 25.7 Å². The summed E-state index contributed by atoms with van der Waals surface area (Å²) in [7, 11) is 1.80. The summed E-state index contributed by atoms with van der Waals surface area (Å²) in [6, 6.07) is 0. The Morgan fingerprint density at radius 3 is 2.33 bits per heavy atom. The molecule has 0 spiro atoms. The molecule has 1 saturated carbocycles. The Labute approximate surface area is 75.8 Å². The summed E-state index contributed by atoms with van der Waals surface area (Å²) in [6.07, 6.45) is 7.11. The topological polar surface area (TPSA) is 9.23 Å². The normalized spacial score (nSPS) is 22.2. The lowest BCUT2D eigenvalue weighted by atomic mass is 9.83. The van der Waals surface area contributed by atoms with Crippen molar-refractivity contribution < 1.29 is 4.74 Å². The number of rotatable bonds is 3. The van der Waals surface area contributed by atoms with Crippen LogP contribution < -0.4 is 0 Å². The van der Waals surface area contributed by atoms with Gasteiger partial charge in [-0.1, -0.05) is 31.4 Å². The Hall–Kier alpha value is -0.300. The molecule has 1 unspecified atom stereocenters. The first kappa shape index (κ1) is 9.79. The van der Waals surface area contributed by atoms with Crippen LogP contribution in [0.5, 0.6) is 0 Å². The van der Waals surface area contributed by atoms with Crippen LogP contribution in [0.3, 0.4) is 0 Å². The van der Waals surface area contributed by atoms with Crippen LogP contribution in [0.25, 0.3) is 0 Å². The maximum Gasteiger partial charge on any atom is 0.0804 e. The molecular formula is C11H20O. The molecular weight excluding hydrogens is 148 g/mol. The van der Waals surface area contributed by atoms with E-state index in [1.54, 1.807) is 7.11 Å². The van der Waals surface area contributed by atoms with Gasteiger partial charge in [-0.3, -0.25) is 0 Å². The zero-order chi connectivity index (χ0) is 8.97. The van der Waals surface area contributed by atoms with E-state index in [1.165, 1.54) is 37.7 Å². The van der Waals surface area contributed by atoms with E-state index in [2.05, 4.69) is 13.5 Å². The molecule has 0 aromatic rings. The van der Waals surface area contributed by atoms with E-state index >= 15 is 0 Å². The summed E-state index contributed by atoms with van der Waals surface area (Å²) in [5, 5.41) is 0. The van der Waals surface area contributed by atoms with Crippen molar-refractivity contribution in [3.05, 3.63) is 12.2 Å². The smallest absolute Gasteiger partial charge is 0.0804 e. The lowest BCUT2D eigenvalue weighted by Crippen LogP contribution is -2.25. The molecule has 0 aliphatic heterocycles. The van der Waals surface area contributed by atoms with Crippen LogP contribution in [-0.2, 0) is 4.74 Å². The second-order valence-corrected chi connectivity index (χ2v) is 3.90. The number of ether oxygens (including phenoxy) is 1. The monoisotopic (exact) mass is 168 g/mol. The summed E-state index contributed by atoms with van der Waals surface area (Å²) in [6.45, 7) is 6.05. The SMILES string of the molecule is C=C(C)C(OC)C1CCCCC1. The first-order chi connectivity index (χ1) is 5.75. The van der Waals surface area contributed by atoms with Crippen molar-refractivity contribution in [2.75, 3.05) is 7.11 Å². The van der Waals surface area contributed by atoms with E-state index in [0.29, 0.717) is 6.10 Å². The fourth-order valence-electron chi connectivity index (χ4n) is 2.23. The molecule has 1 fully saturated rings. The predicted octanol–water partition coefficient (Wildman–Crippen LogP) is 3.16. The molecule has 0 aromatic heterocycles. The molecule has 1 aliphatic rings. The van der Waals surface area contributed by atoms with Gasteiger partial charge in [0.15, 0.2) is 0 Å². The Kier molecular flexibility index (Phi) is 3.80. The van der Waals surface area contributed by atoms with E-state index in [-0.39, 0.29) is 0 Å². The zero-order valence-electron chi connectivity index (χ0n) is 8.31. The predicted molar refractivity (Wildman–Crippen MR) is 52.2 cm³/mol. The van der Waals surface area contributed by atoms with Crippen LogP contribution in [0.1, 0.15) is 39.0 Å². The van der Waals surface area contributed by atoms with Crippen LogP contribution in [0.15, 0.2) is 12.2 Å². The van der Waals surface area contributed by atoms with Crippen molar-refractivity contribution in [1.29, 1.82) is 0 Å². The zero-order valence-corrected chi connectivity index (χ0v) is 8.31. The van der Waals surface area contributed by atoms with Gasteiger partial charge in [0.2, 0.25) is 0 Å².